The van der Waals surface area contributed by atoms with Crippen molar-refractivity contribution in [2.24, 2.45) is 0 Å². The summed E-state index contributed by atoms with van der Waals surface area (Å²) in [5.74, 6) is 0. The number of likely N-dealkylation sites (N-methyl/N-ethyl adjacent to an activating group) is 1. The van der Waals surface area contributed by atoms with Crippen molar-refractivity contribution in [3.63, 3.8) is 0 Å². The van der Waals surface area contributed by atoms with Crippen molar-refractivity contribution in [1.29, 1.82) is 0 Å². The Morgan fingerprint density at radius 2 is 2.00 bits per heavy atom. The number of nitrogens with one attached hydrogen (secondary N) is 1. The summed E-state index contributed by atoms with van der Waals surface area (Å²) in [7, 11) is 5.63. The van der Waals surface area contributed by atoms with Gasteiger partial charge in [0.1, 0.15) is 0 Å². The van der Waals surface area contributed by atoms with E-state index in [1.54, 1.807) is 7.05 Å². The van der Waals surface area contributed by atoms with E-state index in [2.05, 4.69) is 11.4 Å². The lowest BCUT2D eigenvalue weighted by Crippen LogP contribution is -2.38. The lowest BCUT2D eigenvalue weighted by Gasteiger charge is -2.20. The van der Waals surface area contributed by atoms with Gasteiger partial charge < -0.3 is 20.2 Å². The fourth-order valence-electron chi connectivity index (χ4n) is 1.80. The molecule has 2 N–H and O–H groups in total. The molecule has 0 aliphatic heterocycles. The molecule has 0 fully saturated rings. The second-order valence-corrected chi connectivity index (χ2v) is 4.83. The molecule has 5 nitrogen and oxygen atoms in total. The number of amides is 2. The minimum atomic E-state index is -0.181. The number of aliphatic hydroxyl groups is 1. The predicted molar refractivity (Wildman–Crippen MR) is 77.5 cm³/mol. The van der Waals surface area contributed by atoms with Crippen molar-refractivity contribution in [1.82, 2.24) is 10.2 Å². The summed E-state index contributed by atoms with van der Waals surface area (Å²) in [5, 5.41) is 11.6. The summed E-state index contributed by atoms with van der Waals surface area (Å²) in [6.45, 7) is 2.82. The van der Waals surface area contributed by atoms with Gasteiger partial charge in [0.05, 0.1) is 6.61 Å². The Labute approximate surface area is 114 Å². The molecule has 0 saturated carbocycles. The number of benzene rings is 1. The Bertz CT molecular complexity index is 433. The number of aryl methyl sites for hydroxylation is 1. The number of hydrogen-bond acceptors (Lipinski definition) is 3. The average Bonchev–Trinajstić information content (AvgIpc) is 2.36. The van der Waals surface area contributed by atoms with Gasteiger partial charge in [0.15, 0.2) is 0 Å². The molecular weight excluding hydrogens is 242 g/mol. The zero-order valence-electron chi connectivity index (χ0n) is 12.1. The van der Waals surface area contributed by atoms with Gasteiger partial charge in [-0.05, 0) is 24.1 Å². The van der Waals surface area contributed by atoms with Crippen molar-refractivity contribution in [3.8, 4) is 0 Å². The SMILES string of the molecule is Cc1ccc(CNC(=O)N(C)CCO)c(N(C)C)c1. The van der Waals surface area contributed by atoms with Gasteiger partial charge in [0, 0.05) is 39.9 Å². The van der Waals surface area contributed by atoms with Crippen molar-refractivity contribution in [2.75, 3.05) is 39.2 Å². The quantitative estimate of drug-likeness (QED) is 0.841. The number of aliphatic hydroxyl groups excluding tert-OH is 1. The van der Waals surface area contributed by atoms with Crippen LogP contribution < -0.4 is 10.2 Å². The van der Waals surface area contributed by atoms with E-state index in [0.717, 1.165) is 11.3 Å². The van der Waals surface area contributed by atoms with Crippen LogP contribution in [0.2, 0.25) is 0 Å². The number of carbonyl (C=O) groups is 1. The molecule has 0 radical (unpaired) electrons. The van der Waals surface area contributed by atoms with E-state index in [-0.39, 0.29) is 12.6 Å². The van der Waals surface area contributed by atoms with Gasteiger partial charge in [-0.3, -0.25) is 0 Å². The zero-order chi connectivity index (χ0) is 14.4. The number of carbonyl (C=O) groups excluding carboxylic acids is 1. The highest BCUT2D eigenvalue weighted by Crippen LogP contribution is 2.20. The summed E-state index contributed by atoms with van der Waals surface area (Å²) in [5.41, 5.74) is 3.36. The second-order valence-electron chi connectivity index (χ2n) is 4.83. The van der Waals surface area contributed by atoms with E-state index in [4.69, 9.17) is 5.11 Å². The van der Waals surface area contributed by atoms with Crippen molar-refractivity contribution in [2.45, 2.75) is 13.5 Å². The molecule has 1 aromatic rings. The summed E-state index contributed by atoms with van der Waals surface area (Å²) in [6.07, 6.45) is 0. The smallest absolute Gasteiger partial charge is 0.317 e. The molecule has 1 rings (SSSR count). The molecular formula is C14H23N3O2. The molecule has 0 spiro atoms. The lowest BCUT2D eigenvalue weighted by molar-refractivity contribution is 0.190. The molecule has 5 heteroatoms. The van der Waals surface area contributed by atoms with Gasteiger partial charge in [0.25, 0.3) is 0 Å². The predicted octanol–water partition coefficient (Wildman–Crippen LogP) is 1.19. The minimum absolute atomic E-state index is 0.0304. The first-order chi connectivity index (χ1) is 8.95. The highest BCUT2D eigenvalue weighted by atomic mass is 16.3. The van der Waals surface area contributed by atoms with Gasteiger partial charge in [-0.25, -0.2) is 4.79 Å². The fraction of sp³-hybridized carbons (Fsp3) is 0.500. The van der Waals surface area contributed by atoms with Crippen LogP contribution in [-0.2, 0) is 6.54 Å². The third-order valence-corrected chi connectivity index (χ3v) is 2.93. The molecule has 0 atom stereocenters. The molecule has 0 unspecified atom stereocenters. The molecule has 0 bridgehead atoms. The number of rotatable bonds is 5. The summed E-state index contributed by atoms with van der Waals surface area (Å²) < 4.78 is 0. The molecule has 106 valence electrons. The van der Waals surface area contributed by atoms with Crippen LogP contribution in [-0.4, -0.2) is 50.3 Å². The molecule has 2 amide bonds. The van der Waals surface area contributed by atoms with Gasteiger partial charge in [-0.2, -0.15) is 0 Å². The highest BCUT2D eigenvalue weighted by molar-refractivity contribution is 5.74. The van der Waals surface area contributed by atoms with Gasteiger partial charge in [-0.15, -0.1) is 0 Å². The van der Waals surface area contributed by atoms with Crippen molar-refractivity contribution < 1.29 is 9.90 Å². The first-order valence-electron chi connectivity index (χ1n) is 6.32. The third kappa shape index (κ3) is 4.44. The van der Waals surface area contributed by atoms with Crippen LogP contribution in [0.25, 0.3) is 0 Å². The molecule has 0 heterocycles. The van der Waals surface area contributed by atoms with Crippen molar-refractivity contribution in [3.05, 3.63) is 29.3 Å². The summed E-state index contributed by atoms with van der Waals surface area (Å²) in [6, 6.07) is 5.97. The maximum atomic E-state index is 11.7. The second kappa shape index (κ2) is 6.99. The first kappa shape index (κ1) is 15.3. The van der Waals surface area contributed by atoms with E-state index < -0.39 is 0 Å². The molecule has 1 aromatic carbocycles. The van der Waals surface area contributed by atoms with Crippen LogP contribution in [0, 0.1) is 6.92 Å². The van der Waals surface area contributed by atoms with Crippen LogP contribution >= 0.6 is 0 Å². The van der Waals surface area contributed by atoms with E-state index in [1.807, 2.05) is 38.1 Å². The maximum absolute atomic E-state index is 11.7. The van der Waals surface area contributed by atoms with E-state index in [0.29, 0.717) is 13.1 Å². The van der Waals surface area contributed by atoms with E-state index in [9.17, 15) is 4.79 Å². The van der Waals surface area contributed by atoms with Gasteiger partial charge in [-0.1, -0.05) is 12.1 Å². The van der Waals surface area contributed by atoms with Crippen molar-refractivity contribution >= 4 is 11.7 Å². The average molecular weight is 265 g/mol. The molecule has 19 heavy (non-hydrogen) atoms. The third-order valence-electron chi connectivity index (χ3n) is 2.93. The molecule has 0 saturated heterocycles. The number of urea groups is 1. The van der Waals surface area contributed by atoms with Crippen LogP contribution in [0.15, 0.2) is 18.2 Å². The van der Waals surface area contributed by atoms with Crippen LogP contribution in [0.3, 0.4) is 0 Å². The molecule has 0 aliphatic carbocycles. The Morgan fingerprint density at radius 1 is 1.32 bits per heavy atom. The Morgan fingerprint density at radius 3 is 2.58 bits per heavy atom. The fourth-order valence-corrected chi connectivity index (χ4v) is 1.80. The van der Waals surface area contributed by atoms with E-state index in [1.165, 1.54) is 10.5 Å². The number of nitrogens with zero attached hydrogens (tertiary/aromatic N) is 2. The van der Waals surface area contributed by atoms with Crippen LogP contribution in [0.1, 0.15) is 11.1 Å². The lowest BCUT2D eigenvalue weighted by atomic mass is 10.1. The standard InChI is InChI=1S/C14H23N3O2/c1-11-5-6-12(13(9-11)16(2)3)10-15-14(19)17(4)7-8-18/h5-6,9,18H,7-8,10H2,1-4H3,(H,15,19). The highest BCUT2D eigenvalue weighted by Gasteiger charge is 2.09. The van der Waals surface area contributed by atoms with Crippen LogP contribution in [0.4, 0.5) is 10.5 Å². The largest absolute Gasteiger partial charge is 0.395 e. The topological polar surface area (TPSA) is 55.8 Å². The van der Waals surface area contributed by atoms with Crippen LogP contribution in [0.5, 0.6) is 0 Å². The Kier molecular flexibility index (Phi) is 5.63. The zero-order valence-corrected chi connectivity index (χ0v) is 12.1. The maximum Gasteiger partial charge on any atom is 0.317 e. The Hall–Kier alpha value is -1.75. The van der Waals surface area contributed by atoms with Gasteiger partial charge >= 0.3 is 6.03 Å². The Balaban J connectivity index is 2.70. The number of hydrogen-bond donors (Lipinski definition) is 2. The summed E-state index contributed by atoms with van der Waals surface area (Å²) in [4.78, 5) is 15.2. The molecule has 0 aromatic heterocycles. The first-order valence-corrected chi connectivity index (χ1v) is 6.32. The normalized spacial score (nSPS) is 10.2. The van der Waals surface area contributed by atoms with E-state index >= 15 is 0 Å². The summed E-state index contributed by atoms with van der Waals surface area (Å²) >= 11 is 0. The number of anilines is 1. The monoisotopic (exact) mass is 265 g/mol. The molecule has 0 aliphatic rings. The van der Waals surface area contributed by atoms with Gasteiger partial charge in [0.2, 0.25) is 0 Å². The minimum Gasteiger partial charge on any atom is -0.395 e.